The molecule has 4 heteroatoms. The number of hydrogen-bond donors (Lipinski definition) is 0. The number of methoxy groups -OCH3 is 1. The van der Waals surface area contributed by atoms with E-state index in [0.717, 1.165) is 16.5 Å². The van der Waals surface area contributed by atoms with Gasteiger partial charge in [0.25, 0.3) is 0 Å². The average molecular weight is 233 g/mol. The molecule has 0 saturated heterocycles. The van der Waals surface area contributed by atoms with Crippen molar-refractivity contribution in [2.75, 3.05) is 7.11 Å². The second-order valence-electron chi connectivity index (χ2n) is 3.31. The summed E-state index contributed by atoms with van der Waals surface area (Å²) < 4.78 is 5.20. The monoisotopic (exact) mass is 232 g/mol. The molecule has 1 aromatic carbocycles. The van der Waals surface area contributed by atoms with Crippen molar-refractivity contribution in [1.82, 2.24) is 4.98 Å². The Morgan fingerprint density at radius 3 is 3.00 bits per heavy atom. The first-order valence-corrected chi connectivity index (χ1v) is 5.13. The van der Waals surface area contributed by atoms with Crippen LogP contribution in [-0.2, 0) is 6.42 Å². The van der Waals surface area contributed by atoms with Gasteiger partial charge in [-0.25, -0.2) is 4.98 Å². The summed E-state index contributed by atoms with van der Waals surface area (Å²) in [4.78, 5) is 4.25. The first-order valence-electron chi connectivity index (χ1n) is 4.75. The van der Waals surface area contributed by atoms with E-state index in [-0.39, 0.29) is 6.42 Å². The summed E-state index contributed by atoms with van der Waals surface area (Å²) in [5.74, 6) is 0.683. The van der Waals surface area contributed by atoms with Gasteiger partial charge in [-0.2, -0.15) is 5.26 Å². The highest BCUT2D eigenvalue weighted by Gasteiger charge is 2.07. The Hall–Kier alpha value is -1.79. The number of halogens is 1. The molecule has 1 heterocycles. The Morgan fingerprint density at radius 1 is 1.50 bits per heavy atom. The van der Waals surface area contributed by atoms with Gasteiger partial charge < -0.3 is 4.74 Å². The van der Waals surface area contributed by atoms with E-state index in [1.54, 1.807) is 7.11 Å². The Balaban J connectivity index is 2.69. The van der Waals surface area contributed by atoms with Crippen molar-refractivity contribution < 1.29 is 4.74 Å². The van der Waals surface area contributed by atoms with E-state index in [1.807, 2.05) is 24.3 Å². The zero-order chi connectivity index (χ0) is 11.5. The predicted octanol–water partition coefficient (Wildman–Crippen LogP) is 2.96. The first kappa shape index (κ1) is 10.7. The van der Waals surface area contributed by atoms with E-state index < -0.39 is 0 Å². The summed E-state index contributed by atoms with van der Waals surface area (Å²) in [6.07, 6.45) is 0.263. The van der Waals surface area contributed by atoms with Crippen LogP contribution in [0.2, 0.25) is 5.15 Å². The fraction of sp³-hybridized carbons (Fsp3) is 0.167. The molecule has 2 aromatic rings. The highest BCUT2D eigenvalue weighted by Crippen LogP contribution is 2.27. The number of ether oxygens (including phenoxy) is 1. The maximum atomic E-state index is 8.66. The fourth-order valence-corrected chi connectivity index (χ4v) is 1.77. The number of hydrogen-bond acceptors (Lipinski definition) is 3. The van der Waals surface area contributed by atoms with Gasteiger partial charge in [0.2, 0.25) is 0 Å². The molecule has 3 nitrogen and oxygen atoms in total. The maximum absolute atomic E-state index is 8.66. The van der Waals surface area contributed by atoms with Gasteiger partial charge in [-0.15, -0.1) is 0 Å². The highest BCUT2D eigenvalue weighted by atomic mass is 35.5. The van der Waals surface area contributed by atoms with Gasteiger partial charge in [-0.05, 0) is 12.1 Å². The van der Waals surface area contributed by atoms with Crippen LogP contribution in [0.3, 0.4) is 0 Å². The van der Waals surface area contributed by atoms with Crippen LogP contribution >= 0.6 is 11.6 Å². The normalized spacial score (nSPS) is 10.1. The van der Waals surface area contributed by atoms with Crippen molar-refractivity contribution in [3.8, 4) is 11.8 Å². The van der Waals surface area contributed by atoms with Crippen LogP contribution in [0.15, 0.2) is 24.3 Å². The standard InChI is InChI=1S/C12H9ClN2O/c1-16-10-4-2-3-8-7-9(5-6-14)12(13)15-11(8)10/h2-4,7H,5H2,1H3. The second kappa shape index (κ2) is 4.38. The third-order valence-electron chi connectivity index (χ3n) is 2.32. The summed E-state index contributed by atoms with van der Waals surface area (Å²) in [5, 5.41) is 9.94. The van der Waals surface area contributed by atoms with Crippen LogP contribution < -0.4 is 4.74 Å². The smallest absolute Gasteiger partial charge is 0.145 e. The molecule has 0 amide bonds. The van der Waals surface area contributed by atoms with E-state index >= 15 is 0 Å². The van der Waals surface area contributed by atoms with Crippen molar-refractivity contribution in [3.05, 3.63) is 35.0 Å². The van der Waals surface area contributed by atoms with Crippen LogP contribution in [0.1, 0.15) is 5.56 Å². The number of benzene rings is 1. The molecule has 0 saturated carbocycles. The molecule has 80 valence electrons. The first-order chi connectivity index (χ1) is 7.76. The Kier molecular flexibility index (Phi) is 2.93. The molecule has 1 aromatic heterocycles. The molecule has 0 bridgehead atoms. The minimum Gasteiger partial charge on any atom is -0.494 e. The van der Waals surface area contributed by atoms with E-state index in [1.165, 1.54) is 0 Å². The minimum atomic E-state index is 0.263. The van der Waals surface area contributed by atoms with E-state index in [9.17, 15) is 0 Å². The third kappa shape index (κ3) is 1.80. The van der Waals surface area contributed by atoms with Crippen molar-refractivity contribution in [1.29, 1.82) is 5.26 Å². The van der Waals surface area contributed by atoms with Crippen LogP contribution in [0.4, 0.5) is 0 Å². The molecular formula is C12H9ClN2O. The van der Waals surface area contributed by atoms with Gasteiger partial charge in [0, 0.05) is 10.9 Å². The average Bonchev–Trinajstić information content (AvgIpc) is 2.30. The molecule has 0 aliphatic carbocycles. The summed E-state index contributed by atoms with van der Waals surface area (Å²) >= 11 is 5.99. The van der Waals surface area contributed by atoms with Gasteiger partial charge >= 0.3 is 0 Å². The molecule has 2 rings (SSSR count). The summed E-state index contributed by atoms with van der Waals surface area (Å²) in [6, 6.07) is 9.56. The van der Waals surface area contributed by atoms with Gasteiger partial charge in [-0.3, -0.25) is 0 Å². The Labute approximate surface area is 98.2 Å². The summed E-state index contributed by atoms with van der Waals surface area (Å²) in [5.41, 5.74) is 1.46. The van der Waals surface area contributed by atoms with E-state index in [4.69, 9.17) is 21.6 Å². The second-order valence-corrected chi connectivity index (χ2v) is 3.66. The number of para-hydroxylation sites is 1. The highest BCUT2D eigenvalue weighted by molar-refractivity contribution is 6.30. The number of nitriles is 1. The number of fused-ring (bicyclic) bond motifs is 1. The number of nitrogens with zero attached hydrogens (tertiary/aromatic N) is 2. The number of pyridine rings is 1. The zero-order valence-corrected chi connectivity index (χ0v) is 9.45. The predicted molar refractivity (Wildman–Crippen MR) is 62.6 cm³/mol. The Morgan fingerprint density at radius 2 is 2.31 bits per heavy atom. The molecule has 0 N–H and O–H groups in total. The van der Waals surface area contributed by atoms with Gasteiger partial charge in [-0.1, -0.05) is 23.7 Å². The van der Waals surface area contributed by atoms with Gasteiger partial charge in [0.1, 0.15) is 16.4 Å². The largest absolute Gasteiger partial charge is 0.494 e. The zero-order valence-electron chi connectivity index (χ0n) is 8.70. The molecule has 0 fully saturated rings. The van der Waals surface area contributed by atoms with Gasteiger partial charge in [0.05, 0.1) is 19.6 Å². The number of aromatic nitrogens is 1. The van der Waals surface area contributed by atoms with Crippen LogP contribution in [0, 0.1) is 11.3 Å². The van der Waals surface area contributed by atoms with Crippen LogP contribution in [0.25, 0.3) is 10.9 Å². The van der Waals surface area contributed by atoms with Crippen LogP contribution in [0.5, 0.6) is 5.75 Å². The van der Waals surface area contributed by atoms with Crippen molar-refractivity contribution in [2.24, 2.45) is 0 Å². The molecule has 0 aliphatic heterocycles. The minimum absolute atomic E-state index is 0.263. The van der Waals surface area contributed by atoms with Crippen LogP contribution in [-0.4, -0.2) is 12.1 Å². The molecule has 0 spiro atoms. The SMILES string of the molecule is COc1cccc2cc(CC#N)c(Cl)nc12. The fourth-order valence-electron chi connectivity index (χ4n) is 1.57. The van der Waals surface area contributed by atoms with Crippen molar-refractivity contribution >= 4 is 22.5 Å². The third-order valence-corrected chi connectivity index (χ3v) is 2.65. The molecule has 0 unspecified atom stereocenters. The van der Waals surface area contributed by atoms with E-state index in [2.05, 4.69) is 11.1 Å². The van der Waals surface area contributed by atoms with Crippen molar-refractivity contribution in [2.45, 2.75) is 6.42 Å². The molecule has 16 heavy (non-hydrogen) atoms. The quantitative estimate of drug-likeness (QED) is 0.748. The molecule has 0 atom stereocenters. The Bertz CT molecular complexity index is 575. The molecule has 0 radical (unpaired) electrons. The molecule has 0 aliphatic rings. The lowest BCUT2D eigenvalue weighted by molar-refractivity contribution is 0.419. The lowest BCUT2D eigenvalue weighted by atomic mass is 10.1. The topological polar surface area (TPSA) is 45.9 Å². The van der Waals surface area contributed by atoms with Crippen molar-refractivity contribution in [3.63, 3.8) is 0 Å². The maximum Gasteiger partial charge on any atom is 0.145 e. The lowest BCUT2D eigenvalue weighted by Gasteiger charge is -2.06. The van der Waals surface area contributed by atoms with E-state index in [0.29, 0.717) is 10.9 Å². The van der Waals surface area contributed by atoms with Gasteiger partial charge in [0.15, 0.2) is 0 Å². The summed E-state index contributed by atoms with van der Waals surface area (Å²) in [7, 11) is 1.59. The molecular weight excluding hydrogens is 224 g/mol. The summed E-state index contributed by atoms with van der Waals surface area (Å²) in [6.45, 7) is 0. The number of rotatable bonds is 2. The lowest BCUT2D eigenvalue weighted by Crippen LogP contribution is -1.92.